The summed E-state index contributed by atoms with van der Waals surface area (Å²) in [4.78, 5) is 16.6. The highest BCUT2D eigenvalue weighted by atomic mass is 19.1. The maximum Gasteiger partial charge on any atom is 0.251 e. The van der Waals surface area contributed by atoms with E-state index < -0.39 is 11.6 Å². The predicted molar refractivity (Wildman–Crippen MR) is 105 cm³/mol. The van der Waals surface area contributed by atoms with E-state index in [9.17, 15) is 13.6 Å². The molecule has 0 aliphatic rings. The van der Waals surface area contributed by atoms with Crippen LogP contribution in [-0.4, -0.2) is 20.5 Å². The standard InChI is InChI=1S/C21H17F2N5O/c1-12-8-13(15-4-7-19-26-21(24)27-28(19)11-15)3-6-17(12)20(29)25-10-14-2-5-16(22)9-18(14)23/h2-9,11H,10H2,1H3,(H2,24,27)(H,25,29). The summed E-state index contributed by atoms with van der Waals surface area (Å²) >= 11 is 0. The van der Waals surface area contributed by atoms with E-state index in [4.69, 9.17) is 5.73 Å². The fourth-order valence-corrected chi connectivity index (χ4v) is 3.10. The number of pyridine rings is 1. The monoisotopic (exact) mass is 393 g/mol. The second-order valence-electron chi connectivity index (χ2n) is 6.64. The van der Waals surface area contributed by atoms with Crippen molar-refractivity contribution in [1.29, 1.82) is 0 Å². The minimum atomic E-state index is -0.693. The fraction of sp³-hybridized carbons (Fsp3) is 0.0952. The van der Waals surface area contributed by atoms with Crippen molar-refractivity contribution < 1.29 is 13.6 Å². The van der Waals surface area contributed by atoms with Gasteiger partial charge in [0.2, 0.25) is 5.95 Å². The second-order valence-corrected chi connectivity index (χ2v) is 6.64. The predicted octanol–water partition coefficient (Wildman–Crippen LogP) is 3.50. The average Bonchev–Trinajstić information content (AvgIpc) is 3.06. The van der Waals surface area contributed by atoms with Crippen LogP contribution in [0.1, 0.15) is 21.5 Å². The Labute approximate surface area is 165 Å². The van der Waals surface area contributed by atoms with Gasteiger partial charge >= 0.3 is 0 Å². The van der Waals surface area contributed by atoms with Gasteiger partial charge in [-0.25, -0.2) is 13.3 Å². The van der Waals surface area contributed by atoms with Crippen LogP contribution >= 0.6 is 0 Å². The summed E-state index contributed by atoms with van der Waals surface area (Å²) in [5.41, 5.74) is 9.51. The number of anilines is 1. The van der Waals surface area contributed by atoms with E-state index in [1.165, 1.54) is 6.07 Å². The van der Waals surface area contributed by atoms with E-state index in [-0.39, 0.29) is 24.0 Å². The molecule has 2 heterocycles. The molecule has 2 aromatic carbocycles. The van der Waals surface area contributed by atoms with Crippen molar-refractivity contribution in [2.45, 2.75) is 13.5 Å². The number of nitrogens with one attached hydrogen (secondary N) is 1. The van der Waals surface area contributed by atoms with Gasteiger partial charge in [0.15, 0.2) is 5.65 Å². The molecule has 0 aliphatic carbocycles. The highest BCUT2D eigenvalue weighted by Gasteiger charge is 2.12. The first kappa shape index (κ1) is 18.5. The number of nitrogen functional groups attached to an aromatic ring is 1. The Bertz CT molecular complexity index is 1240. The number of carbonyl (C=O) groups is 1. The van der Waals surface area contributed by atoms with Crippen molar-refractivity contribution in [3.63, 3.8) is 0 Å². The zero-order valence-electron chi connectivity index (χ0n) is 15.5. The molecule has 6 nitrogen and oxygen atoms in total. The smallest absolute Gasteiger partial charge is 0.251 e. The zero-order chi connectivity index (χ0) is 20.5. The molecule has 0 radical (unpaired) electrons. The first-order chi connectivity index (χ1) is 13.9. The minimum absolute atomic E-state index is 0.0312. The summed E-state index contributed by atoms with van der Waals surface area (Å²) < 4.78 is 28.3. The first-order valence-corrected chi connectivity index (χ1v) is 8.86. The molecule has 146 valence electrons. The molecule has 8 heteroatoms. The van der Waals surface area contributed by atoms with Gasteiger partial charge in [-0.05, 0) is 42.3 Å². The fourth-order valence-electron chi connectivity index (χ4n) is 3.10. The molecule has 4 aromatic rings. The van der Waals surface area contributed by atoms with Crippen molar-refractivity contribution in [3.05, 3.63) is 83.1 Å². The topological polar surface area (TPSA) is 85.3 Å². The lowest BCUT2D eigenvalue weighted by Gasteiger charge is -2.10. The van der Waals surface area contributed by atoms with Crippen LogP contribution in [0.4, 0.5) is 14.7 Å². The van der Waals surface area contributed by atoms with E-state index in [1.54, 1.807) is 10.6 Å². The average molecular weight is 393 g/mol. The molecule has 0 aliphatic heterocycles. The number of hydrogen-bond donors (Lipinski definition) is 2. The molecule has 0 spiro atoms. The highest BCUT2D eigenvalue weighted by molar-refractivity contribution is 5.96. The van der Waals surface area contributed by atoms with Gasteiger partial charge in [-0.1, -0.05) is 18.2 Å². The molecule has 29 heavy (non-hydrogen) atoms. The number of amides is 1. The Morgan fingerprint density at radius 1 is 1.10 bits per heavy atom. The molecule has 2 aromatic heterocycles. The Hall–Kier alpha value is -3.81. The first-order valence-electron chi connectivity index (χ1n) is 8.86. The lowest BCUT2D eigenvalue weighted by molar-refractivity contribution is 0.0950. The number of carbonyl (C=O) groups excluding carboxylic acids is 1. The normalized spacial score (nSPS) is 11.0. The molecular weight excluding hydrogens is 376 g/mol. The Balaban J connectivity index is 1.53. The lowest BCUT2D eigenvalue weighted by atomic mass is 10.0. The number of aryl methyl sites for hydroxylation is 1. The third-order valence-corrected chi connectivity index (χ3v) is 4.61. The maximum atomic E-state index is 13.7. The Morgan fingerprint density at radius 3 is 2.66 bits per heavy atom. The number of rotatable bonds is 4. The number of nitrogens with zero attached hydrogens (tertiary/aromatic N) is 3. The SMILES string of the molecule is Cc1cc(-c2ccc3nc(N)nn3c2)ccc1C(=O)NCc1ccc(F)cc1F. The van der Waals surface area contributed by atoms with E-state index in [1.807, 2.05) is 37.4 Å². The van der Waals surface area contributed by atoms with Crippen molar-refractivity contribution in [1.82, 2.24) is 19.9 Å². The van der Waals surface area contributed by atoms with Crippen LogP contribution in [0, 0.1) is 18.6 Å². The van der Waals surface area contributed by atoms with Crippen LogP contribution < -0.4 is 11.1 Å². The van der Waals surface area contributed by atoms with Gasteiger partial charge in [0.1, 0.15) is 11.6 Å². The highest BCUT2D eigenvalue weighted by Crippen LogP contribution is 2.23. The summed E-state index contributed by atoms with van der Waals surface area (Å²) in [6.07, 6.45) is 1.81. The van der Waals surface area contributed by atoms with Crippen molar-refractivity contribution in [2.24, 2.45) is 0 Å². The van der Waals surface area contributed by atoms with Crippen LogP contribution in [0.15, 0.2) is 54.7 Å². The number of nitrogens with two attached hydrogens (primary N) is 1. The number of fused-ring (bicyclic) bond motifs is 1. The van der Waals surface area contributed by atoms with Gasteiger partial charge in [-0.2, -0.15) is 4.98 Å². The van der Waals surface area contributed by atoms with E-state index in [2.05, 4.69) is 15.4 Å². The maximum absolute atomic E-state index is 13.7. The van der Waals surface area contributed by atoms with Gasteiger partial charge in [-0.15, -0.1) is 5.10 Å². The van der Waals surface area contributed by atoms with Crippen LogP contribution in [0.3, 0.4) is 0 Å². The van der Waals surface area contributed by atoms with Gasteiger partial charge in [0, 0.05) is 35.5 Å². The van der Waals surface area contributed by atoms with Crippen molar-refractivity contribution in [3.8, 4) is 11.1 Å². The third-order valence-electron chi connectivity index (χ3n) is 4.61. The molecule has 1 amide bonds. The summed E-state index contributed by atoms with van der Waals surface area (Å²) in [6, 6.07) is 12.4. The summed E-state index contributed by atoms with van der Waals surface area (Å²) in [7, 11) is 0. The molecule has 0 atom stereocenters. The number of hydrogen-bond acceptors (Lipinski definition) is 4. The summed E-state index contributed by atoms with van der Waals surface area (Å²) in [5.74, 6) is -1.49. The molecule has 3 N–H and O–H groups in total. The largest absolute Gasteiger partial charge is 0.366 e. The quantitative estimate of drug-likeness (QED) is 0.556. The zero-order valence-corrected chi connectivity index (χ0v) is 15.5. The van der Waals surface area contributed by atoms with Crippen LogP contribution in [-0.2, 0) is 6.54 Å². The van der Waals surface area contributed by atoms with Gasteiger partial charge in [-0.3, -0.25) is 4.79 Å². The van der Waals surface area contributed by atoms with E-state index >= 15 is 0 Å². The number of halogens is 2. The van der Waals surface area contributed by atoms with Gasteiger partial charge in [0.05, 0.1) is 0 Å². The van der Waals surface area contributed by atoms with Crippen molar-refractivity contribution >= 4 is 17.5 Å². The molecule has 0 unspecified atom stereocenters. The summed E-state index contributed by atoms with van der Waals surface area (Å²) in [5, 5.41) is 6.76. The molecule has 4 rings (SSSR count). The Morgan fingerprint density at radius 2 is 1.90 bits per heavy atom. The number of aromatic nitrogens is 3. The van der Waals surface area contributed by atoms with Crippen LogP contribution in [0.2, 0.25) is 0 Å². The molecule has 0 saturated carbocycles. The second kappa shape index (κ2) is 7.31. The molecule has 0 bridgehead atoms. The van der Waals surface area contributed by atoms with E-state index in [0.717, 1.165) is 28.8 Å². The lowest BCUT2D eigenvalue weighted by Crippen LogP contribution is -2.24. The van der Waals surface area contributed by atoms with Crippen LogP contribution in [0.25, 0.3) is 16.8 Å². The molecular formula is C21H17F2N5O. The van der Waals surface area contributed by atoms with Crippen LogP contribution in [0.5, 0.6) is 0 Å². The van der Waals surface area contributed by atoms with E-state index in [0.29, 0.717) is 11.2 Å². The summed E-state index contributed by atoms with van der Waals surface area (Å²) in [6.45, 7) is 1.79. The third kappa shape index (κ3) is 3.77. The molecule has 0 fully saturated rings. The van der Waals surface area contributed by atoms with Gasteiger partial charge < -0.3 is 11.1 Å². The Kier molecular flexibility index (Phi) is 4.67. The van der Waals surface area contributed by atoms with Crippen molar-refractivity contribution in [2.75, 3.05) is 5.73 Å². The molecule has 0 saturated heterocycles. The van der Waals surface area contributed by atoms with Gasteiger partial charge in [0.25, 0.3) is 5.91 Å². The minimum Gasteiger partial charge on any atom is -0.366 e. The number of benzene rings is 2.